The number of hydrogen-bond acceptors (Lipinski definition) is 7. The van der Waals surface area contributed by atoms with Gasteiger partial charge in [0.05, 0.1) is 12.7 Å². The molecule has 6 rings (SSSR count). The van der Waals surface area contributed by atoms with Crippen LogP contribution in [0.1, 0.15) is 92.9 Å². The minimum atomic E-state index is -0.758. The van der Waals surface area contributed by atoms with Gasteiger partial charge in [0.15, 0.2) is 17.7 Å². The molecule has 6 fully saturated rings. The van der Waals surface area contributed by atoms with Crippen molar-refractivity contribution in [3.63, 3.8) is 0 Å². The number of Topliss-reactive ketones (excluding diaryl/α,β-unsaturated/α-hetero) is 1. The maximum atomic E-state index is 14.6. The highest BCUT2D eigenvalue weighted by atomic mass is 16.7. The molecule has 0 aromatic rings. The lowest BCUT2D eigenvalue weighted by atomic mass is 9.43. The molecule has 4 unspecified atom stereocenters. The van der Waals surface area contributed by atoms with Crippen LogP contribution in [0.15, 0.2) is 0 Å². The summed E-state index contributed by atoms with van der Waals surface area (Å²) in [5.41, 5.74) is -0.646. The third-order valence-electron chi connectivity index (χ3n) is 12.3. The van der Waals surface area contributed by atoms with E-state index in [1.54, 1.807) is 0 Å². The maximum absolute atomic E-state index is 14.6. The number of carbonyl (C=O) groups is 3. The molecule has 0 amide bonds. The van der Waals surface area contributed by atoms with E-state index in [1.165, 1.54) is 13.8 Å². The quantitative estimate of drug-likeness (QED) is 0.460. The third-order valence-corrected chi connectivity index (χ3v) is 12.3. The summed E-state index contributed by atoms with van der Waals surface area (Å²) in [4.78, 5) is 38.8. The second-order valence-electron chi connectivity index (χ2n) is 14.3. The first kappa shape index (κ1) is 26.7. The van der Waals surface area contributed by atoms with Gasteiger partial charge in [-0.3, -0.25) is 14.4 Å². The van der Waals surface area contributed by atoms with Gasteiger partial charge in [-0.1, -0.05) is 27.7 Å². The lowest BCUT2D eigenvalue weighted by Crippen LogP contribution is -2.65. The molecule has 38 heavy (non-hydrogen) atoms. The molecule has 2 saturated heterocycles. The Morgan fingerprint density at radius 3 is 2.34 bits per heavy atom. The minimum Gasteiger partial charge on any atom is -0.463 e. The second-order valence-corrected chi connectivity index (χ2v) is 14.3. The van der Waals surface area contributed by atoms with Crippen LogP contribution in [0, 0.1) is 52.3 Å². The Labute approximate surface area is 227 Å². The molecule has 13 atom stereocenters. The van der Waals surface area contributed by atoms with E-state index in [-0.39, 0.29) is 64.9 Å². The van der Waals surface area contributed by atoms with Crippen molar-refractivity contribution < 1.29 is 33.3 Å². The zero-order valence-corrected chi connectivity index (χ0v) is 24.0. The normalized spacial score (nSPS) is 53.5. The molecule has 0 radical (unpaired) electrons. The minimum absolute atomic E-state index is 0.0169. The number of carbonyl (C=O) groups excluding carboxylic acids is 3. The fourth-order valence-electron chi connectivity index (χ4n) is 10.7. The van der Waals surface area contributed by atoms with E-state index < -0.39 is 17.3 Å². The lowest BCUT2D eigenvalue weighted by molar-refractivity contribution is -0.273. The van der Waals surface area contributed by atoms with Crippen molar-refractivity contribution in [3.05, 3.63) is 0 Å². The van der Waals surface area contributed by atoms with E-state index in [4.69, 9.17) is 18.9 Å². The summed E-state index contributed by atoms with van der Waals surface area (Å²) < 4.78 is 25.0. The molecule has 7 heteroatoms. The molecule has 2 heterocycles. The Morgan fingerprint density at radius 1 is 0.947 bits per heavy atom. The Hall–Kier alpha value is -1.47. The molecule has 212 valence electrons. The van der Waals surface area contributed by atoms with Crippen molar-refractivity contribution in [2.45, 2.75) is 117 Å². The van der Waals surface area contributed by atoms with Crippen LogP contribution < -0.4 is 0 Å². The van der Waals surface area contributed by atoms with Gasteiger partial charge in [-0.05, 0) is 74.0 Å². The zero-order valence-electron chi connectivity index (χ0n) is 24.0. The van der Waals surface area contributed by atoms with E-state index in [9.17, 15) is 14.4 Å². The lowest BCUT2D eigenvalue weighted by Gasteiger charge is -2.61. The average molecular weight is 531 g/mol. The molecule has 0 N–H and O–H groups in total. The van der Waals surface area contributed by atoms with Crippen molar-refractivity contribution >= 4 is 17.7 Å². The van der Waals surface area contributed by atoms with Gasteiger partial charge in [0.25, 0.3) is 0 Å². The van der Waals surface area contributed by atoms with Crippen LogP contribution in [0.4, 0.5) is 0 Å². The summed E-state index contributed by atoms with van der Waals surface area (Å²) in [7, 11) is 0. The van der Waals surface area contributed by atoms with E-state index in [1.807, 2.05) is 0 Å². The molecule has 1 spiro atoms. The van der Waals surface area contributed by atoms with Crippen LogP contribution in [-0.2, 0) is 33.3 Å². The molecule has 7 nitrogen and oxygen atoms in total. The van der Waals surface area contributed by atoms with Gasteiger partial charge in [0.2, 0.25) is 0 Å². The molecule has 4 aliphatic carbocycles. The Morgan fingerprint density at radius 2 is 1.68 bits per heavy atom. The molecule has 2 aliphatic heterocycles. The van der Waals surface area contributed by atoms with Gasteiger partial charge in [0.1, 0.15) is 6.10 Å². The Kier molecular flexibility index (Phi) is 6.35. The van der Waals surface area contributed by atoms with Crippen molar-refractivity contribution in [1.29, 1.82) is 0 Å². The van der Waals surface area contributed by atoms with Crippen LogP contribution >= 0.6 is 0 Å². The maximum Gasteiger partial charge on any atom is 0.303 e. The standard InChI is InChI=1S/C31H46O7/c1-16-9-12-31(35-15-16)17(2)25-24(38-31)14-23-22-8-7-20-13-21(36-18(3)32)10-11-29(20,5)26(22)27(34)28(30(23,25)6)37-19(4)33/h16-17,20-26,28H,7-15H2,1-6H3/t16?,17-,20-,21-,22?,23?,24-,25-,26?,28+,29-,30-,31+/m0/s1. The number of esters is 2. The van der Waals surface area contributed by atoms with Gasteiger partial charge in [-0.2, -0.15) is 0 Å². The summed E-state index contributed by atoms with van der Waals surface area (Å²) in [5.74, 6) is 0.386. The SMILES string of the molecule is CC(=O)O[C@H]1CC[C@]2(C)C3C(=O)[C@@H](OC(C)=O)[C@@]4(C)C(C[C@@H]5O[C@]6(CCC(C)CO6)[C@@H](C)[C@@H]54)C3CC[C@H]2C1. The van der Waals surface area contributed by atoms with Crippen molar-refractivity contribution in [2.24, 2.45) is 52.3 Å². The highest BCUT2D eigenvalue weighted by molar-refractivity contribution is 5.90. The summed E-state index contributed by atoms with van der Waals surface area (Å²) in [6.07, 6.45) is 6.54. The summed E-state index contributed by atoms with van der Waals surface area (Å²) in [6, 6.07) is 0. The topological polar surface area (TPSA) is 88.1 Å². The Balaban J connectivity index is 1.34. The first-order valence-corrected chi connectivity index (χ1v) is 15.1. The fourth-order valence-corrected chi connectivity index (χ4v) is 10.7. The second kappa shape index (κ2) is 9.02. The van der Waals surface area contributed by atoms with Gasteiger partial charge in [0, 0.05) is 43.4 Å². The highest BCUT2D eigenvalue weighted by Gasteiger charge is 2.74. The van der Waals surface area contributed by atoms with Gasteiger partial charge >= 0.3 is 11.9 Å². The number of rotatable bonds is 2. The molecule has 6 aliphatic rings. The number of fused-ring (bicyclic) bond motifs is 7. The number of hydrogen-bond donors (Lipinski definition) is 0. The van der Waals surface area contributed by atoms with Crippen molar-refractivity contribution in [1.82, 2.24) is 0 Å². The average Bonchev–Trinajstić information content (AvgIpc) is 3.29. The first-order valence-electron chi connectivity index (χ1n) is 15.1. The van der Waals surface area contributed by atoms with E-state index >= 15 is 0 Å². The molecule has 0 aromatic carbocycles. The summed E-state index contributed by atoms with van der Waals surface area (Å²) in [6.45, 7) is 12.6. The van der Waals surface area contributed by atoms with Crippen LogP contribution in [0.2, 0.25) is 0 Å². The smallest absolute Gasteiger partial charge is 0.303 e. The van der Waals surface area contributed by atoms with Crippen molar-refractivity contribution in [3.8, 4) is 0 Å². The molecule has 0 aromatic heterocycles. The number of ether oxygens (including phenoxy) is 4. The van der Waals surface area contributed by atoms with Crippen LogP contribution in [0.25, 0.3) is 0 Å². The molecular weight excluding hydrogens is 484 g/mol. The predicted molar refractivity (Wildman–Crippen MR) is 139 cm³/mol. The predicted octanol–water partition coefficient (Wildman–Crippen LogP) is 5.09. The number of ketones is 1. The third kappa shape index (κ3) is 3.69. The molecule has 0 bridgehead atoms. The van der Waals surface area contributed by atoms with Crippen LogP contribution in [-0.4, -0.2) is 48.4 Å². The van der Waals surface area contributed by atoms with E-state index in [2.05, 4.69) is 27.7 Å². The Bertz CT molecular complexity index is 1000. The summed E-state index contributed by atoms with van der Waals surface area (Å²) in [5, 5.41) is 0. The van der Waals surface area contributed by atoms with Crippen LogP contribution in [0.5, 0.6) is 0 Å². The van der Waals surface area contributed by atoms with Gasteiger partial charge in [-0.15, -0.1) is 0 Å². The van der Waals surface area contributed by atoms with Crippen molar-refractivity contribution in [2.75, 3.05) is 6.61 Å². The summed E-state index contributed by atoms with van der Waals surface area (Å²) >= 11 is 0. The fraction of sp³-hybridized carbons (Fsp3) is 0.903. The largest absolute Gasteiger partial charge is 0.463 e. The van der Waals surface area contributed by atoms with Crippen LogP contribution in [0.3, 0.4) is 0 Å². The molecular formula is C31H46O7. The van der Waals surface area contributed by atoms with E-state index in [0.29, 0.717) is 18.4 Å². The van der Waals surface area contributed by atoms with Gasteiger partial charge in [-0.25, -0.2) is 0 Å². The monoisotopic (exact) mass is 530 g/mol. The zero-order chi connectivity index (χ0) is 27.2. The highest BCUT2D eigenvalue weighted by Crippen LogP contribution is 2.71. The van der Waals surface area contributed by atoms with E-state index in [0.717, 1.165) is 51.4 Å². The van der Waals surface area contributed by atoms with Gasteiger partial charge < -0.3 is 18.9 Å². The molecule has 4 saturated carbocycles. The first-order chi connectivity index (χ1) is 17.9.